The van der Waals surface area contributed by atoms with Gasteiger partial charge in [-0.2, -0.15) is 0 Å². The molecule has 0 radical (unpaired) electrons. The van der Waals surface area contributed by atoms with Gasteiger partial charge in [0.05, 0.1) is 12.0 Å². The molecule has 1 N–H and O–H groups in total. The number of amides is 1. The van der Waals surface area contributed by atoms with E-state index in [-0.39, 0.29) is 10.8 Å². The lowest BCUT2D eigenvalue weighted by molar-refractivity contribution is -0.116. The summed E-state index contributed by atoms with van der Waals surface area (Å²) in [5.41, 5.74) is 1.58. The lowest BCUT2D eigenvalue weighted by atomic mass is 10.1. The van der Waals surface area contributed by atoms with Crippen molar-refractivity contribution in [3.63, 3.8) is 0 Å². The number of hydrogen-bond acceptors (Lipinski definition) is 4. The number of nitrogens with one attached hydrogen (secondary N) is 1. The topological polar surface area (TPSA) is 75.7 Å². The maximum Gasteiger partial charge on any atom is 0.242 e. The molecule has 2 aromatic carbocycles. The van der Waals surface area contributed by atoms with Gasteiger partial charge in [0, 0.05) is 32.3 Å². The van der Waals surface area contributed by atoms with Crippen molar-refractivity contribution in [2.45, 2.75) is 17.7 Å². The summed E-state index contributed by atoms with van der Waals surface area (Å²) in [5, 5.41) is 2.82. The highest BCUT2D eigenvalue weighted by Crippen LogP contribution is 2.18. The minimum absolute atomic E-state index is 0.113. The van der Waals surface area contributed by atoms with Crippen molar-refractivity contribution < 1.29 is 17.9 Å². The molecule has 0 aliphatic rings. The number of ether oxygens (including phenoxy) is 1. The average molecular weight is 362 g/mol. The average Bonchev–Trinajstić information content (AvgIpc) is 2.60. The van der Waals surface area contributed by atoms with Crippen LogP contribution >= 0.6 is 0 Å². The van der Waals surface area contributed by atoms with Crippen LogP contribution in [0.4, 0.5) is 5.69 Å². The molecule has 0 spiro atoms. The first kappa shape index (κ1) is 19.0. The normalized spacial score (nSPS) is 11.4. The van der Waals surface area contributed by atoms with E-state index in [1.54, 1.807) is 55.6 Å². The first-order valence-electron chi connectivity index (χ1n) is 7.78. The van der Waals surface area contributed by atoms with Crippen molar-refractivity contribution in [3.05, 3.63) is 54.1 Å². The van der Waals surface area contributed by atoms with Crippen LogP contribution in [-0.4, -0.2) is 39.8 Å². The Hall–Kier alpha value is -2.38. The largest absolute Gasteiger partial charge is 0.497 e. The first-order valence-corrected chi connectivity index (χ1v) is 9.22. The van der Waals surface area contributed by atoms with Gasteiger partial charge in [0.1, 0.15) is 5.75 Å². The van der Waals surface area contributed by atoms with E-state index in [1.165, 1.54) is 18.4 Å². The maximum absolute atomic E-state index is 12.0. The quantitative estimate of drug-likeness (QED) is 0.821. The van der Waals surface area contributed by atoms with Gasteiger partial charge in [-0.1, -0.05) is 18.2 Å². The van der Waals surface area contributed by atoms with Gasteiger partial charge in [-0.25, -0.2) is 12.7 Å². The standard InChI is InChI=1S/C18H22N2O4S/c1-20(2)25(22,23)17-10-7-14(8-11-17)9-12-18(21)19-15-5-4-6-16(13-15)24-3/h4-8,10-11,13H,9,12H2,1-3H3,(H,19,21). The van der Waals surface area contributed by atoms with E-state index in [9.17, 15) is 13.2 Å². The number of carbonyl (C=O) groups is 1. The number of sulfonamides is 1. The Balaban J connectivity index is 1.93. The van der Waals surface area contributed by atoms with Crippen LogP contribution in [-0.2, 0) is 21.2 Å². The molecule has 0 heterocycles. The molecule has 0 saturated heterocycles. The third-order valence-electron chi connectivity index (χ3n) is 3.70. The molecule has 0 fully saturated rings. The van der Waals surface area contributed by atoms with Crippen LogP contribution in [0.15, 0.2) is 53.4 Å². The third kappa shape index (κ3) is 5.04. The number of benzene rings is 2. The monoisotopic (exact) mass is 362 g/mol. The van der Waals surface area contributed by atoms with Crippen LogP contribution in [0.25, 0.3) is 0 Å². The van der Waals surface area contributed by atoms with Crippen molar-refractivity contribution >= 4 is 21.6 Å². The lowest BCUT2D eigenvalue weighted by Gasteiger charge is -2.11. The van der Waals surface area contributed by atoms with Gasteiger partial charge in [-0.3, -0.25) is 4.79 Å². The molecule has 2 aromatic rings. The zero-order valence-corrected chi connectivity index (χ0v) is 15.3. The molecule has 1 amide bonds. The predicted molar refractivity (Wildman–Crippen MR) is 97.3 cm³/mol. The highest BCUT2D eigenvalue weighted by atomic mass is 32.2. The molecule has 0 aliphatic carbocycles. The zero-order valence-electron chi connectivity index (χ0n) is 14.5. The van der Waals surface area contributed by atoms with Gasteiger partial charge >= 0.3 is 0 Å². The van der Waals surface area contributed by atoms with Crippen molar-refractivity contribution in [2.75, 3.05) is 26.5 Å². The van der Waals surface area contributed by atoms with Crippen LogP contribution in [0.2, 0.25) is 0 Å². The molecule has 0 atom stereocenters. The summed E-state index contributed by atoms with van der Waals surface area (Å²) in [5.74, 6) is 0.564. The Morgan fingerprint density at radius 1 is 1.12 bits per heavy atom. The van der Waals surface area contributed by atoms with E-state index in [4.69, 9.17) is 4.74 Å². The summed E-state index contributed by atoms with van der Waals surface area (Å²) in [4.78, 5) is 12.3. The smallest absolute Gasteiger partial charge is 0.242 e. The van der Waals surface area contributed by atoms with Gasteiger partial charge in [-0.05, 0) is 36.2 Å². The zero-order chi connectivity index (χ0) is 18.4. The minimum atomic E-state index is -3.43. The van der Waals surface area contributed by atoms with Crippen molar-refractivity contribution in [1.82, 2.24) is 4.31 Å². The van der Waals surface area contributed by atoms with Gasteiger partial charge < -0.3 is 10.1 Å². The molecule has 2 rings (SSSR count). The summed E-state index contributed by atoms with van der Waals surface area (Å²) in [6.07, 6.45) is 0.828. The van der Waals surface area contributed by atoms with Crippen LogP contribution in [0, 0.1) is 0 Å². The molecule has 6 nitrogen and oxygen atoms in total. The summed E-state index contributed by atoms with van der Waals surface area (Å²) < 4.78 is 30.3. The molecule has 134 valence electrons. The number of anilines is 1. The van der Waals surface area contributed by atoms with Gasteiger partial charge in [0.25, 0.3) is 0 Å². The van der Waals surface area contributed by atoms with Gasteiger partial charge in [0.2, 0.25) is 15.9 Å². The number of rotatable bonds is 7. The Bertz CT molecular complexity index is 830. The predicted octanol–water partition coefficient (Wildman–Crippen LogP) is 2.52. The van der Waals surface area contributed by atoms with Crippen molar-refractivity contribution in [2.24, 2.45) is 0 Å². The van der Waals surface area contributed by atoms with Gasteiger partial charge in [-0.15, -0.1) is 0 Å². The molecule has 0 aliphatic heterocycles. The maximum atomic E-state index is 12.0. The summed E-state index contributed by atoms with van der Waals surface area (Å²) >= 11 is 0. The Morgan fingerprint density at radius 3 is 2.40 bits per heavy atom. The van der Waals surface area contributed by atoms with Gasteiger partial charge in [0.15, 0.2) is 0 Å². The third-order valence-corrected chi connectivity index (χ3v) is 5.53. The second kappa shape index (κ2) is 8.13. The SMILES string of the molecule is COc1cccc(NC(=O)CCc2ccc(S(=O)(=O)N(C)C)cc2)c1. The molecular weight excluding hydrogens is 340 g/mol. The summed E-state index contributed by atoms with van der Waals surface area (Å²) in [6, 6.07) is 13.7. The van der Waals surface area contributed by atoms with E-state index in [0.717, 1.165) is 5.56 Å². The highest BCUT2D eigenvalue weighted by molar-refractivity contribution is 7.89. The number of carbonyl (C=O) groups excluding carboxylic acids is 1. The number of aryl methyl sites for hydroxylation is 1. The molecular formula is C18H22N2O4S. The Labute approximate surface area is 148 Å². The van der Waals surface area contributed by atoms with E-state index in [1.807, 2.05) is 0 Å². The van der Waals surface area contributed by atoms with E-state index in [0.29, 0.717) is 24.3 Å². The minimum Gasteiger partial charge on any atom is -0.497 e. The Kier molecular flexibility index (Phi) is 6.17. The molecule has 7 heteroatoms. The van der Waals surface area contributed by atoms with E-state index < -0.39 is 10.0 Å². The molecule has 0 bridgehead atoms. The van der Waals surface area contributed by atoms with Crippen LogP contribution in [0.5, 0.6) is 5.75 Å². The number of nitrogens with zero attached hydrogens (tertiary/aromatic N) is 1. The second-order valence-corrected chi connectivity index (χ2v) is 7.86. The lowest BCUT2D eigenvalue weighted by Crippen LogP contribution is -2.22. The summed E-state index contributed by atoms with van der Waals surface area (Å²) in [7, 11) is 1.12. The molecule has 25 heavy (non-hydrogen) atoms. The number of methoxy groups -OCH3 is 1. The molecule has 0 unspecified atom stereocenters. The van der Waals surface area contributed by atoms with Crippen molar-refractivity contribution in [1.29, 1.82) is 0 Å². The van der Waals surface area contributed by atoms with Crippen LogP contribution in [0.3, 0.4) is 0 Å². The van der Waals surface area contributed by atoms with Crippen LogP contribution < -0.4 is 10.1 Å². The van der Waals surface area contributed by atoms with Crippen molar-refractivity contribution in [3.8, 4) is 5.75 Å². The number of hydrogen-bond donors (Lipinski definition) is 1. The second-order valence-electron chi connectivity index (χ2n) is 5.71. The first-order chi connectivity index (χ1) is 11.8. The van der Waals surface area contributed by atoms with Crippen LogP contribution in [0.1, 0.15) is 12.0 Å². The fourth-order valence-electron chi connectivity index (χ4n) is 2.22. The highest BCUT2D eigenvalue weighted by Gasteiger charge is 2.16. The fraction of sp³-hybridized carbons (Fsp3) is 0.278. The molecule has 0 aromatic heterocycles. The Morgan fingerprint density at radius 2 is 1.80 bits per heavy atom. The molecule has 0 saturated carbocycles. The fourth-order valence-corrected chi connectivity index (χ4v) is 3.12. The van der Waals surface area contributed by atoms with E-state index in [2.05, 4.69) is 5.32 Å². The van der Waals surface area contributed by atoms with E-state index >= 15 is 0 Å². The summed E-state index contributed by atoms with van der Waals surface area (Å²) in [6.45, 7) is 0.